The van der Waals surface area contributed by atoms with E-state index in [-0.39, 0.29) is 5.91 Å². The third-order valence-corrected chi connectivity index (χ3v) is 7.90. The van der Waals surface area contributed by atoms with Gasteiger partial charge in [0, 0.05) is 36.6 Å². The van der Waals surface area contributed by atoms with Crippen LogP contribution >= 0.6 is 22.9 Å². The highest BCUT2D eigenvalue weighted by molar-refractivity contribution is 7.88. The molecule has 3 aromatic rings. The van der Waals surface area contributed by atoms with Gasteiger partial charge in [0.15, 0.2) is 0 Å². The molecular formula is C19H21ClN4O3S2. The molecule has 1 aliphatic heterocycles. The number of carbonyl (C=O) groups excluding carboxylic acids is 1. The maximum Gasteiger partial charge on any atom is 0.264 e. The first-order valence-corrected chi connectivity index (χ1v) is 12.2. The van der Waals surface area contributed by atoms with E-state index in [1.54, 1.807) is 4.90 Å². The third kappa shape index (κ3) is 4.05. The van der Waals surface area contributed by atoms with Gasteiger partial charge in [0.2, 0.25) is 10.0 Å². The number of rotatable bonds is 4. The number of benzene rings is 1. The quantitative estimate of drug-likeness (QED) is 0.610. The van der Waals surface area contributed by atoms with E-state index < -0.39 is 10.0 Å². The minimum Gasteiger partial charge on any atom is -0.335 e. The number of thiophene rings is 1. The lowest BCUT2D eigenvalue weighted by atomic mass is 10.2. The van der Waals surface area contributed by atoms with Gasteiger partial charge in [-0.05, 0) is 24.6 Å². The van der Waals surface area contributed by atoms with Crippen molar-refractivity contribution in [2.45, 2.75) is 13.5 Å². The Kier molecular flexibility index (Phi) is 5.41. The van der Waals surface area contributed by atoms with Crippen LogP contribution < -0.4 is 0 Å². The standard InChI is InChI=1S/C19H21ClN4O3S2/c1-13-15-11-17(18(25)22-7-9-23(10-8-22)29(2,26)27)28-19(15)24(21-13)12-14-5-3-4-6-16(14)20/h3-6,11H,7-10,12H2,1-2H3. The average Bonchev–Trinajstić information content (AvgIpc) is 3.24. The zero-order valence-corrected chi connectivity index (χ0v) is 18.5. The first-order chi connectivity index (χ1) is 13.7. The number of aryl methyl sites for hydroxylation is 1. The van der Waals surface area contributed by atoms with Crippen LogP contribution in [0.1, 0.15) is 20.9 Å². The molecule has 0 unspecified atom stereocenters. The second kappa shape index (κ2) is 7.71. The number of nitrogens with zero attached hydrogens (tertiary/aromatic N) is 4. The normalized spacial score (nSPS) is 15.9. The van der Waals surface area contributed by atoms with Gasteiger partial charge in [-0.15, -0.1) is 11.3 Å². The van der Waals surface area contributed by atoms with Crippen molar-refractivity contribution in [3.05, 3.63) is 51.5 Å². The molecule has 7 nitrogen and oxygen atoms in total. The molecule has 2 aromatic heterocycles. The first-order valence-electron chi connectivity index (χ1n) is 9.19. The molecule has 0 radical (unpaired) electrons. The van der Waals surface area contributed by atoms with Crippen molar-refractivity contribution in [2.75, 3.05) is 32.4 Å². The van der Waals surface area contributed by atoms with E-state index in [1.165, 1.54) is 21.9 Å². The van der Waals surface area contributed by atoms with Crippen molar-refractivity contribution in [2.24, 2.45) is 0 Å². The molecule has 1 saturated heterocycles. The maximum absolute atomic E-state index is 13.0. The van der Waals surface area contributed by atoms with Crippen molar-refractivity contribution in [1.82, 2.24) is 19.0 Å². The molecule has 3 heterocycles. The van der Waals surface area contributed by atoms with Crippen LogP contribution in [0.5, 0.6) is 0 Å². The number of aromatic nitrogens is 2. The Balaban J connectivity index is 1.57. The highest BCUT2D eigenvalue weighted by Gasteiger charge is 2.28. The van der Waals surface area contributed by atoms with Gasteiger partial charge >= 0.3 is 0 Å². The Morgan fingerprint density at radius 1 is 1.21 bits per heavy atom. The second-order valence-electron chi connectivity index (χ2n) is 7.12. The van der Waals surface area contributed by atoms with E-state index in [1.807, 2.05) is 41.9 Å². The number of amides is 1. The van der Waals surface area contributed by atoms with E-state index in [4.69, 9.17) is 11.6 Å². The Morgan fingerprint density at radius 3 is 2.55 bits per heavy atom. The summed E-state index contributed by atoms with van der Waals surface area (Å²) in [5.41, 5.74) is 1.83. The lowest BCUT2D eigenvalue weighted by Crippen LogP contribution is -2.50. The number of sulfonamides is 1. The molecule has 29 heavy (non-hydrogen) atoms. The maximum atomic E-state index is 13.0. The van der Waals surface area contributed by atoms with Crippen molar-refractivity contribution in [1.29, 1.82) is 0 Å². The number of hydrogen-bond donors (Lipinski definition) is 0. The van der Waals surface area contributed by atoms with Gasteiger partial charge in [-0.25, -0.2) is 8.42 Å². The van der Waals surface area contributed by atoms with Crippen molar-refractivity contribution >= 4 is 49.1 Å². The predicted molar refractivity (Wildman–Crippen MR) is 115 cm³/mol. The summed E-state index contributed by atoms with van der Waals surface area (Å²) in [5, 5.41) is 6.25. The molecule has 1 fully saturated rings. The molecule has 154 valence electrons. The van der Waals surface area contributed by atoms with Crippen LogP contribution in [-0.4, -0.2) is 65.7 Å². The first kappa shape index (κ1) is 20.3. The summed E-state index contributed by atoms with van der Waals surface area (Å²) in [4.78, 5) is 16.3. The van der Waals surface area contributed by atoms with Gasteiger partial charge in [0.25, 0.3) is 5.91 Å². The summed E-state index contributed by atoms with van der Waals surface area (Å²) in [6, 6.07) is 9.53. The highest BCUT2D eigenvalue weighted by atomic mass is 35.5. The van der Waals surface area contributed by atoms with Crippen molar-refractivity contribution in [3.63, 3.8) is 0 Å². The predicted octanol–water partition coefficient (Wildman–Crippen LogP) is 2.83. The zero-order chi connectivity index (χ0) is 20.8. The molecule has 1 amide bonds. The Labute approximate surface area is 178 Å². The molecule has 1 aliphatic rings. The van der Waals surface area contributed by atoms with E-state index >= 15 is 0 Å². The zero-order valence-electron chi connectivity index (χ0n) is 16.1. The second-order valence-corrected chi connectivity index (χ2v) is 10.5. The SMILES string of the molecule is Cc1nn(Cc2ccccc2Cl)c2sc(C(=O)N3CCN(S(C)(=O)=O)CC3)cc12. The molecule has 0 atom stereocenters. The molecule has 10 heteroatoms. The van der Waals surface area contributed by atoms with Crippen LogP contribution in [-0.2, 0) is 16.6 Å². The Morgan fingerprint density at radius 2 is 1.90 bits per heavy atom. The number of carbonyl (C=O) groups is 1. The van der Waals surface area contributed by atoms with Crippen LogP contribution in [0.15, 0.2) is 30.3 Å². The smallest absolute Gasteiger partial charge is 0.264 e. The summed E-state index contributed by atoms with van der Waals surface area (Å²) in [7, 11) is -3.22. The molecule has 0 bridgehead atoms. The molecule has 0 N–H and O–H groups in total. The molecule has 4 rings (SSSR count). The van der Waals surface area contributed by atoms with Gasteiger partial charge in [0.05, 0.1) is 23.4 Å². The number of piperazine rings is 1. The molecular weight excluding hydrogens is 432 g/mol. The van der Waals surface area contributed by atoms with Crippen LogP contribution in [0.25, 0.3) is 10.2 Å². The fourth-order valence-electron chi connectivity index (χ4n) is 3.49. The van der Waals surface area contributed by atoms with Crippen molar-refractivity contribution in [3.8, 4) is 0 Å². The summed E-state index contributed by atoms with van der Waals surface area (Å²) in [5.74, 6) is -0.0666. The van der Waals surface area contributed by atoms with Gasteiger partial charge in [-0.3, -0.25) is 9.48 Å². The van der Waals surface area contributed by atoms with Crippen LogP contribution in [0.4, 0.5) is 0 Å². The lowest BCUT2D eigenvalue weighted by Gasteiger charge is -2.32. The molecule has 0 saturated carbocycles. The lowest BCUT2D eigenvalue weighted by molar-refractivity contribution is 0.0703. The number of hydrogen-bond acceptors (Lipinski definition) is 5. The number of fused-ring (bicyclic) bond motifs is 1. The summed E-state index contributed by atoms with van der Waals surface area (Å²) < 4.78 is 26.6. The van der Waals surface area contributed by atoms with E-state index in [2.05, 4.69) is 5.10 Å². The van der Waals surface area contributed by atoms with E-state index in [0.717, 1.165) is 21.5 Å². The van der Waals surface area contributed by atoms with E-state index in [9.17, 15) is 13.2 Å². The van der Waals surface area contributed by atoms with Crippen LogP contribution in [0.3, 0.4) is 0 Å². The summed E-state index contributed by atoms with van der Waals surface area (Å²) >= 11 is 7.70. The summed E-state index contributed by atoms with van der Waals surface area (Å²) in [6.45, 7) is 3.90. The fraction of sp³-hybridized carbons (Fsp3) is 0.368. The van der Waals surface area contributed by atoms with Crippen LogP contribution in [0.2, 0.25) is 5.02 Å². The summed E-state index contributed by atoms with van der Waals surface area (Å²) in [6.07, 6.45) is 1.20. The minimum atomic E-state index is -3.22. The van der Waals surface area contributed by atoms with Gasteiger partial charge in [-0.1, -0.05) is 29.8 Å². The van der Waals surface area contributed by atoms with E-state index in [0.29, 0.717) is 42.6 Å². The topological polar surface area (TPSA) is 75.5 Å². The minimum absolute atomic E-state index is 0.0666. The average molecular weight is 453 g/mol. The highest BCUT2D eigenvalue weighted by Crippen LogP contribution is 2.30. The molecule has 0 aliphatic carbocycles. The van der Waals surface area contributed by atoms with Crippen LogP contribution in [0, 0.1) is 6.92 Å². The monoisotopic (exact) mass is 452 g/mol. The molecule has 1 aromatic carbocycles. The number of halogens is 1. The molecule has 0 spiro atoms. The van der Waals surface area contributed by atoms with Gasteiger partial charge < -0.3 is 4.90 Å². The largest absolute Gasteiger partial charge is 0.335 e. The Bertz CT molecular complexity index is 1180. The fourth-order valence-corrected chi connectivity index (χ4v) is 5.64. The third-order valence-electron chi connectivity index (χ3n) is 5.09. The van der Waals surface area contributed by atoms with Gasteiger partial charge in [-0.2, -0.15) is 9.40 Å². The van der Waals surface area contributed by atoms with Gasteiger partial charge in [0.1, 0.15) is 4.83 Å². The van der Waals surface area contributed by atoms with Crippen molar-refractivity contribution < 1.29 is 13.2 Å². The Hall–Kier alpha value is -1.94.